The number of hydrogen-bond acceptors (Lipinski definition) is 2. The van der Waals surface area contributed by atoms with Crippen LogP contribution in [0.15, 0.2) is 12.3 Å². The molecule has 1 atom stereocenters. The molecule has 98 valence electrons. The van der Waals surface area contributed by atoms with Crippen molar-refractivity contribution in [1.29, 1.82) is 0 Å². The van der Waals surface area contributed by atoms with Crippen LogP contribution >= 0.6 is 0 Å². The Morgan fingerprint density at radius 1 is 1.33 bits per heavy atom. The highest BCUT2D eigenvalue weighted by atomic mass is 16.1. The Hall–Kier alpha value is -1.09. The molecule has 1 aromatic rings. The molecule has 1 aromatic heterocycles. The van der Waals surface area contributed by atoms with Gasteiger partial charge in [0.1, 0.15) is 0 Å². The molecule has 0 bridgehead atoms. The first-order chi connectivity index (χ1) is 8.46. The molecule has 1 aliphatic heterocycles. The molecule has 1 saturated heterocycles. The van der Waals surface area contributed by atoms with E-state index in [0.29, 0.717) is 18.2 Å². The number of carbonyl (C=O) groups excluding carboxylic acids is 1. The van der Waals surface area contributed by atoms with Gasteiger partial charge in [-0.2, -0.15) is 0 Å². The number of rotatable bonds is 1. The molecular weight excluding hydrogens is 224 g/mol. The van der Waals surface area contributed by atoms with Crippen LogP contribution in [-0.4, -0.2) is 35.4 Å². The zero-order valence-electron chi connectivity index (χ0n) is 11.6. The number of carbonyl (C=O) groups is 1. The molecule has 3 rings (SSSR count). The van der Waals surface area contributed by atoms with Crippen molar-refractivity contribution in [2.24, 2.45) is 5.41 Å². The molecule has 3 heteroatoms. The number of nitrogens with zero attached hydrogens (tertiary/aromatic N) is 2. The third-order valence-corrected chi connectivity index (χ3v) is 4.37. The maximum Gasteiger partial charge on any atom is 0.165 e. The number of Topliss-reactive ketones (excluding diaryl/α,β-unsaturated/α-hetero) is 1. The fraction of sp³-hybridized carbons (Fsp3) is 0.667. The molecule has 0 amide bonds. The summed E-state index contributed by atoms with van der Waals surface area (Å²) in [6, 6.07) is 2.59. The standard InChI is InChI=1S/C15H22N2O/c1-15(2)8-13-12(14(18)9-15)5-7-17(13)11-4-6-16(3)10-11/h5,7,11H,4,6,8-10H2,1-3H3. The monoisotopic (exact) mass is 246 g/mol. The van der Waals surface area contributed by atoms with E-state index in [-0.39, 0.29) is 5.41 Å². The van der Waals surface area contributed by atoms with Crippen molar-refractivity contribution in [3.63, 3.8) is 0 Å². The zero-order valence-corrected chi connectivity index (χ0v) is 11.6. The quantitative estimate of drug-likeness (QED) is 0.761. The molecule has 18 heavy (non-hydrogen) atoms. The topological polar surface area (TPSA) is 25.2 Å². The number of likely N-dealkylation sites (tertiary alicyclic amines) is 1. The van der Waals surface area contributed by atoms with Crippen LogP contribution in [0.2, 0.25) is 0 Å². The summed E-state index contributed by atoms with van der Waals surface area (Å²) in [5.74, 6) is 0.325. The summed E-state index contributed by atoms with van der Waals surface area (Å²) in [6.45, 7) is 6.67. The molecule has 1 unspecified atom stereocenters. The highest BCUT2D eigenvalue weighted by Gasteiger charge is 2.34. The van der Waals surface area contributed by atoms with Crippen LogP contribution in [0.3, 0.4) is 0 Å². The predicted octanol–water partition coefficient (Wildman–Crippen LogP) is 2.52. The van der Waals surface area contributed by atoms with Crippen LogP contribution in [0.1, 0.15) is 48.8 Å². The summed E-state index contributed by atoms with van der Waals surface area (Å²) in [6.07, 6.45) is 5.05. The Kier molecular flexibility index (Phi) is 2.63. The fourth-order valence-electron chi connectivity index (χ4n) is 3.45. The first-order valence-electron chi connectivity index (χ1n) is 6.88. The molecule has 0 N–H and O–H groups in total. The van der Waals surface area contributed by atoms with E-state index in [1.165, 1.54) is 12.1 Å². The Balaban J connectivity index is 1.97. The van der Waals surface area contributed by atoms with Crippen molar-refractivity contribution in [1.82, 2.24) is 9.47 Å². The van der Waals surface area contributed by atoms with Gasteiger partial charge >= 0.3 is 0 Å². The third kappa shape index (κ3) is 1.91. The van der Waals surface area contributed by atoms with Crippen LogP contribution in [-0.2, 0) is 6.42 Å². The van der Waals surface area contributed by atoms with Gasteiger partial charge in [-0.05, 0) is 37.9 Å². The van der Waals surface area contributed by atoms with Gasteiger partial charge in [0.2, 0.25) is 0 Å². The van der Waals surface area contributed by atoms with Crippen LogP contribution in [0.4, 0.5) is 0 Å². The molecule has 0 aromatic carbocycles. The van der Waals surface area contributed by atoms with E-state index >= 15 is 0 Å². The number of aromatic nitrogens is 1. The molecular formula is C15H22N2O. The SMILES string of the molecule is CN1CCC(n2ccc3c2CC(C)(C)CC3=O)C1. The molecule has 0 saturated carbocycles. The van der Waals surface area contributed by atoms with Gasteiger partial charge in [0.05, 0.1) is 0 Å². The lowest BCUT2D eigenvalue weighted by molar-refractivity contribution is 0.0909. The molecule has 2 aliphatic rings. The highest BCUT2D eigenvalue weighted by Crippen LogP contribution is 2.37. The minimum atomic E-state index is 0.116. The molecule has 2 heterocycles. The number of ketones is 1. The minimum absolute atomic E-state index is 0.116. The van der Waals surface area contributed by atoms with E-state index in [4.69, 9.17) is 0 Å². The lowest BCUT2D eigenvalue weighted by Gasteiger charge is -2.31. The van der Waals surface area contributed by atoms with Gasteiger partial charge < -0.3 is 9.47 Å². The number of likely N-dealkylation sites (N-methyl/N-ethyl adjacent to an activating group) is 1. The maximum atomic E-state index is 12.2. The predicted molar refractivity (Wildman–Crippen MR) is 72.0 cm³/mol. The maximum absolute atomic E-state index is 12.2. The summed E-state index contributed by atoms with van der Waals surface area (Å²) in [7, 11) is 2.17. The van der Waals surface area contributed by atoms with E-state index in [9.17, 15) is 4.79 Å². The smallest absolute Gasteiger partial charge is 0.165 e. The van der Waals surface area contributed by atoms with Gasteiger partial charge in [-0.15, -0.1) is 0 Å². The van der Waals surface area contributed by atoms with E-state index in [1.807, 2.05) is 6.07 Å². The summed E-state index contributed by atoms with van der Waals surface area (Å²) >= 11 is 0. The fourth-order valence-corrected chi connectivity index (χ4v) is 3.45. The summed E-state index contributed by atoms with van der Waals surface area (Å²) < 4.78 is 2.37. The second-order valence-electron chi connectivity index (χ2n) is 6.73. The van der Waals surface area contributed by atoms with Crippen molar-refractivity contribution in [3.05, 3.63) is 23.5 Å². The largest absolute Gasteiger partial charge is 0.346 e. The van der Waals surface area contributed by atoms with Gasteiger partial charge in [0.25, 0.3) is 0 Å². The van der Waals surface area contributed by atoms with E-state index in [1.54, 1.807) is 0 Å². The first-order valence-corrected chi connectivity index (χ1v) is 6.88. The van der Waals surface area contributed by atoms with Gasteiger partial charge in [0.15, 0.2) is 5.78 Å². The average molecular weight is 246 g/mol. The second kappa shape index (κ2) is 3.95. The van der Waals surface area contributed by atoms with Crippen molar-refractivity contribution in [3.8, 4) is 0 Å². The van der Waals surface area contributed by atoms with Crippen LogP contribution in [0.25, 0.3) is 0 Å². The van der Waals surface area contributed by atoms with Gasteiger partial charge in [-0.25, -0.2) is 0 Å². The zero-order chi connectivity index (χ0) is 12.9. The van der Waals surface area contributed by atoms with Gasteiger partial charge in [-0.1, -0.05) is 13.8 Å². The summed E-state index contributed by atoms with van der Waals surface area (Å²) in [5.41, 5.74) is 2.37. The van der Waals surface area contributed by atoms with Crippen molar-refractivity contribution < 1.29 is 4.79 Å². The van der Waals surface area contributed by atoms with Crippen molar-refractivity contribution in [2.75, 3.05) is 20.1 Å². The number of fused-ring (bicyclic) bond motifs is 1. The molecule has 1 aliphatic carbocycles. The summed E-state index contributed by atoms with van der Waals surface area (Å²) in [4.78, 5) is 14.5. The van der Waals surface area contributed by atoms with Crippen LogP contribution < -0.4 is 0 Å². The average Bonchev–Trinajstić information content (AvgIpc) is 2.82. The van der Waals surface area contributed by atoms with Crippen molar-refractivity contribution >= 4 is 5.78 Å². The van der Waals surface area contributed by atoms with Crippen LogP contribution in [0, 0.1) is 5.41 Å². The summed E-state index contributed by atoms with van der Waals surface area (Å²) in [5, 5.41) is 0. The Labute approximate surface area is 109 Å². The second-order valence-corrected chi connectivity index (χ2v) is 6.73. The molecule has 1 fully saturated rings. The third-order valence-electron chi connectivity index (χ3n) is 4.37. The number of hydrogen-bond donors (Lipinski definition) is 0. The Morgan fingerprint density at radius 3 is 2.78 bits per heavy atom. The van der Waals surface area contributed by atoms with Gasteiger partial charge in [0, 0.05) is 36.5 Å². The Morgan fingerprint density at radius 2 is 2.11 bits per heavy atom. The molecule has 3 nitrogen and oxygen atoms in total. The van der Waals surface area contributed by atoms with Gasteiger partial charge in [-0.3, -0.25) is 4.79 Å². The van der Waals surface area contributed by atoms with E-state index in [0.717, 1.165) is 25.1 Å². The Bertz CT molecular complexity index is 487. The lowest BCUT2D eigenvalue weighted by atomic mass is 9.76. The van der Waals surface area contributed by atoms with E-state index in [2.05, 4.69) is 36.6 Å². The lowest BCUT2D eigenvalue weighted by Crippen LogP contribution is -2.29. The first kappa shape index (κ1) is 12.0. The van der Waals surface area contributed by atoms with Crippen molar-refractivity contribution in [2.45, 2.75) is 39.2 Å². The molecule has 0 radical (unpaired) electrons. The molecule has 0 spiro atoms. The normalized spacial score (nSPS) is 27.5. The highest BCUT2D eigenvalue weighted by molar-refractivity contribution is 5.98. The minimum Gasteiger partial charge on any atom is -0.346 e. The van der Waals surface area contributed by atoms with E-state index < -0.39 is 0 Å². The van der Waals surface area contributed by atoms with Crippen LogP contribution in [0.5, 0.6) is 0 Å².